The third-order valence-corrected chi connectivity index (χ3v) is 2.71. The van der Waals surface area contributed by atoms with Crippen LogP contribution in [0.5, 0.6) is 0 Å². The average Bonchev–Trinajstić information content (AvgIpc) is 2.74. The first-order valence-corrected chi connectivity index (χ1v) is 6.44. The predicted molar refractivity (Wildman–Crippen MR) is 71.4 cm³/mol. The molecule has 1 unspecified atom stereocenters. The van der Waals surface area contributed by atoms with E-state index in [1.165, 1.54) is 0 Å². The molecule has 0 aromatic carbocycles. The Hall–Kier alpha value is -1.03. The van der Waals surface area contributed by atoms with Gasteiger partial charge in [-0.2, -0.15) is 0 Å². The van der Waals surface area contributed by atoms with Crippen LogP contribution in [-0.2, 0) is 4.74 Å². The summed E-state index contributed by atoms with van der Waals surface area (Å²) >= 11 is 0. The molecule has 4 heteroatoms. The van der Waals surface area contributed by atoms with Crippen LogP contribution in [-0.4, -0.2) is 29.8 Å². The monoisotopic (exact) mass is 239 g/mol. The van der Waals surface area contributed by atoms with E-state index >= 15 is 0 Å². The van der Waals surface area contributed by atoms with Gasteiger partial charge in [-0.1, -0.05) is 27.2 Å². The molecule has 0 bridgehead atoms. The molecule has 0 saturated heterocycles. The Kier molecular flexibility index (Phi) is 6.05. The van der Waals surface area contributed by atoms with Gasteiger partial charge in [0.05, 0.1) is 12.6 Å². The fourth-order valence-corrected chi connectivity index (χ4v) is 1.87. The van der Waals surface area contributed by atoms with Crippen molar-refractivity contribution in [1.82, 2.24) is 9.55 Å². The van der Waals surface area contributed by atoms with Crippen LogP contribution in [0.15, 0.2) is 12.4 Å². The molecular weight excluding hydrogens is 214 g/mol. The van der Waals surface area contributed by atoms with Crippen LogP contribution < -0.4 is 5.32 Å². The summed E-state index contributed by atoms with van der Waals surface area (Å²) in [4.78, 5) is 4.37. The average molecular weight is 239 g/mol. The number of aromatic nitrogens is 2. The lowest BCUT2D eigenvalue weighted by atomic mass is 10.2. The lowest BCUT2D eigenvalue weighted by Gasteiger charge is -2.20. The van der Waals surface area contributed by atoms with Crippen molar-refractivity contribution in [2.45, 2.75) is 39.7 Å². The molecule has 1 atom stereocenters. The second-order valence-electron chi connectivity index (χ2n) is 4.83. The van der Waals surface area contributed by atoms with E-state index in [0.29, 0.717) is 12.0 Å². The number of ether oxygens (including phenoxy) is 1. The summed E-state index contributed by atoms with van der Waals surface area (Å²) in [5, 5.41) is 3.39. The third-order valence-electron chi connectivity index (χ3n) is 2.71. The zero-order chi connectivity index (χ0) is 12.7. The largest absolute Gasteiger partial charge is 0.383 e. The van der Waals surface area contributed by atoms with E-state index in [9.17, 15) is 0 Å². The van der Waals surface area contributed by atoms with E-state index in [2.05, 4.69) is 35.6 Å². The highest BCUT2D eigenvalue weighted by Gasteiger charge is 2.13. The summed E-state index contributed by atoms with van der Waals surface area (Å²) in [6, 6.07) is 0.377. The lowest BCUT2D eigenvalue weighted by Crippen LogP contribution is -2.19. The standard InChI is InChI=1S/C13H25N3O/c1-5-6-12(10-17-4)16-8-7-14-13(16)15-9-11(2)3/h7-8,11-12H,5-6,9-10H2,1-4H3,(H,14,15). The van der Waals surface area contributed by atoms with Gasteiger partial charge in [0.15, 0.2) is 0 Å². The van der Waals surface area contributed by atoms with Gasteiger partial charge < -0.3 is 14.6 Å². The van der Waals surface area contributed by atoms with Crippen molar-refractivity contribution in [3.8, 4) is 0 Å². The van der Waals surface area contributed by atoms with Crippen LogP contribution in [0.4, 0.5) is 5.95 Å². The zero-order valence-corrected chi connectivity index (χ0v) is 11.4. The molecule has 17 heavy (non-hydrogen) atoms. The van der Waals surface area contributed by atoms with E-state index in [-0.39, 0.29) is 0 Å². The normalized spacial score (nSPS) is 13.0. The fraction of sp³-hybridized carbons (Fsp3) is 0.769. The van der Waals surface area contributed by atoms with Crippen LogP contribution in [0.2, 0.25) is 0 Å². The minimum Gasteiger partial charge on any atom is -0.383 e. The molecular formula is C13H25N3O. The number of nitrogens with one attached hydrogen (secondary N) is 1. The summed E-state index contributed by atoms with van der Waals surface area (Å²) in [7, 11) is 1.75. The smallest absolute Gasteiger partial charge is 0.203 e. The van der Waals surface area contributed by atoms with Crippen molar-refractivity contribution in [2.75, 3.05) is 25.6 Å². The van der Waals surface area contributed by atoms with Gasteiger partial charge in [0.2, 0.25) is 5.95 Å². The van der Waals surface area contributed by atoms with Gasteiger partial charge in [-0.3, -0.25) is 0 Å². The number of hydrogen-bond acceptors (Lipinski definition) is 3. The zero-order valence-electron chi connectivity index (χ0n) is 11.4. The molecule has 1 aromatic heterocycles. The molecule has 0 aliphatic carbocycles. The number of imidazole rings is 1. The van der Waals surface area contributed by atoms with Crippen LogP contribution >= 0.6 is 0 Å². The van der Waals surface area contributed by atoms with E-state index in [1.807, 2.05) is 12.4 Å². The maximum absolute atomic E-state index is 5.28. The molecule has 0 spiro atoms. The number of anilines is 1. The maximum Gasteiger partial charge on any atom is 0.203 e. The Bertz CT molecular complexity index is 303. The Morgan fingerprint density at radius 2 is 2.24 bits per heavy atom. The van der Waals surface area contributed by atoms with Crippen LogP contribution in [0.3, 0.4) is 0 Å². The Morgan fingerprint density at radius 1 is 1.47 bits per heavy atom. The van der Waals surface area contributed by atoms with E-state index in [1.54, 1.807) is 7.11 Å². The van der Waals surface area contributed by atoms with Crippen molar-refractivity contribution >= 4 is 5.95 Å². The summed E-state index contributed by atoms with van der Waals surface area (Å²) in [6.07, 6.45) is 6.14. The number of methoxy groups -OCH3 is 1. The second-order valence-corrected chi connectivity index (χ2v) is 4.83. The van der Waals surface area contributed by atoms with Crippen molar-refractivity contribution in [2.24, 2.45) is 5.92 Å². The Morgan fingerprint density at radius 3 is 2.82 bits per heavy atom. The van der Waals surface area contributed by atoms with Crippen molar-refractivity contribution in [3.05, 3.63) is 12.4 Å². The molecule has 1 aromatic rings. The minimum atomic E-state index is 0.377. The van der Waals surface area contributed by atoms with Gasteiger partial charge in [0.25, 0.3) is 0 Å². The lowest BCUT2D eigenvalue weighted by molar-refractivity contribution is 0.151. The van der Waals surface area contributed by atoms with Crippen LogP contribution in [0, 0.1) is 5.92 Å². The molecule has 98 valence electrons. The van der Waals surface area contributed by atoms with Crippen LogP contribution in [0.1, 0.15) is 39.7 Å². The van der Waals surface area contributed by atoms with E-state index in [0.717, 1.165) is 31.9 Å². The Balaban J connectivity index is 2.69. The van der Waals surface area contributed by atoms with Crippen LogP contribution in [0.25, 0.3) is 0 Å². The van der Waals surface area contributed by atoms with Crippen molar-refractivity contribution in [1.29, 1.82) is 0 Å². The molecule has 0 aliphatic rings. The fourth-order valence-electron chi connectivity index (χ4n) is 1.87. The number of hydrogen-bond donors (Lipinski definition) is 1. The van der Waals surface area contributed by atoms with Gasteiger partial charge in [0.1, 0.15) is 0 Å². The van der Waals surface area contributed by atoms with Gasteiger partial charge in [-0.15, -0.1) is 0 Å². The van der Waals surface area contributed by atoms with E-state index in [4.69, 9.17) is 4.74 Å². The molecule has 0 aliphatic heterocycles. The molecule has 1 rings (SSSR count). The molecule has 1 heterocycles. The first kappa shape index (κ1) is 14.0. The van der Waals surface area contributed by atoms with Crippen molar-refractivity contribution in [3.63, 3.8) is 0 Å². The minimum absolute atomic E-state index is 0.377. The summed E-state index contributed by atoms with van der Waals surface area (Å²) < 4.78 is 7.47. The molecule has 0 radical (unpaired) electrons. The summed E-state index contributed by atoms with van der Waals surface area (Å²) in [6.45, 7) is 8.27. The molecule has 0 saturated carbocycles. The molecule has 0 fully saturated rings. The first-order valence-electron chi connectivity index (χ1n) is 6.44. The van der Waals surface area contributed by atoms with E-state index < -0.39 is 0 Å². The number of rotatable bonds is 8. The first-order chi connectivity index (χ1) is 8.19. The highest BCUT2D eigenvalue weighted by molar-refractivity contribution is 5.26. The highest BCUT2D eigenvalue weighted by Crippen LogP contribution is 2.19. The summed E-state index contributed by atoms with van der Waals surface area (Å²) in [5.41, 5.74) is 0. The number of nitrogens with zero attached hydrogens (tertiary/aromatic N) is 2. The van der Waals surface area contributed by atoms with Gasteiger partial charge in [0, 0.05) is 26.0 Å². The molecule has 4 nitrogen and oxygen atoms in total. The van der Waals surface area contributed by atoms with Gasteiger partial charge in [-0.05, 0) is 12.3 Å². The third kappa shape index (κ3) is 4.38. The Labute approximate surface area is 104 Å². The maximum atomic E-state index is 5.28. The van der Waals surface area contributed by atoms with Gasteiger partial charge >= 0.3 is 0 Å². The second kappa shape index (κ2) is 7.33. The molecule has 0 amide bonds. The summed E-state index contributed by atoms with van der Waals surface area (Å²) in [5.74, 6) is 1.57. The predicted octanol–water partition coefficient (Wildman–Crippen LogP) is 2.94. The SMILES string of the molecule is CCCC(COC)n1ccnc1NCC(C)C. The van der Waals surface area contributed by atoms with Crippen molar-refractivity contribution < 1.29 is 4.74 Å². The van der Waals surface area contributed by atoms with Gasteiger partial charge in [-0.25, -0.2) is 4.98 Å². The molecule has 1 N–H and O–H groups in total. The quantitative estimate of drug-likeness (QED) is 0.758. The topological polar surface area (TPSA) is 39.1 Å². The highest BCUT2D eigenvalue weighted by atomic mass is 16.5.